The molecule has 98 valence electrons. The highest BCUT2D eigenvalue weighted by molar-refractivity contribution is 7.07. The molecule has 18 heavy (non-hydrogen) atoms. The molecule has 0 spiro atoms. The maximum absolute atomic E-state index is 12.1. The molecule has 1 saturated heterocycles. The van der Waals surface area contributed by atoms with E-state index in [0.29, 0.717) is 26.1 Å². The molecule has 1 fully saturated rings. The van der Waals surface area contributed by atoms with Crippen molar-refractivity contribution in [1.29, 1.82) is 0 Å². The lowest BCUT2D eigenvalue weighted by molar-refractivity contribution is -0.131. The lowest BCUT2D eigenvalue weighted by Crippen LogP contribution is -2.38. The fourth-order valence-corrected chi connectivity index (χ4v) is 2.58. The molecular formula is C11H15N3O3S. The maximum atomic E-state index is 12.1. The van der Waals surface area contributed by atoms with Crippen molar-refractivity contribution in [3.63, 3.8) is 0 Å². The molecule has 1 aliphatic heterocycles. The Hall–Kier alpha value is -1.63. The molecule has 0 aliphatic carbocycles. The van der Waals surface area contributed by atoms with Gasteiger partial charge in [0.05, 0.1) is 0 Å². The fourth-order valence-electron chi connectivity index (χ4n) is 1.85. The molecular weight excluding hydrogens is 254 g/mol. The van der Waals surface area contributed by atoms with Gasteiger partial charge in [-0.25, -0.2) is 0 Å². The average Bonchev–Trinajstić information content (AvgIpc) is 2.56. The van der Waals surface area contributed by atoms with Gasteiger partial charge >= 0.3 is 4.87 Å². The summed E-state index contributed by atoms with van der Waals surface area (Å²) in [5.41, 5.74) is 0.794. The summed E-state index contributed by atoms with van der Waals surface area (Å²) in [7, 11) is 0. The van der Waals surface area contributed by atoms with E-state index in [4.69, 9.17) is 0 Å². The molecule has 2 heterocycles. The van der Waals surface area contributed by atoms with E-state index in [9.17, 15) is 14.4 Å². The van der Waals surface area contributed by atoms with Crippen LogP contribution < -0.4 is 10.2 Å². The molecule has 6 nitrogen and oxygen atoms in total. The van der Waals surface area contributed by atoms with Crippen molar-refractivity contribution < 1.29 is 9.59 Å². The second-order valence-electron chi connectivity index (χ2n) is 4.21. The van der Waals surface area contributed by atoms with Crippen LogP contribution >= 0.6 is 11.3 Å². The number of carbonyl (C=O) groups excluding carboxylic acids is 2. The minimum atomic E-state index is -0.120. The zero-order valence-electron chi connectivity index (χ0n) is 10.1. The number of amides is 2. The largest absolute Gasteiger partial charge is 0.354 e. The summed E-state index contributed by atoms with van der Waals surface area (Å²) in [6, 6.07) is 0. The summed E-state index contributed by atoms with van der Waals surface area (Å²) >= 11 is 1.09. The van der Waals surface area contributed by atoms with Gasteiger partial charge in [-0.2, -0.15) is 0 Å². The van der Waals surface area contributed by atoms with Gasteiger partial charge in [0.2, 0.25) is 11.8 Å². The Morgan fingerprint density at radius 3 is 2.89 bits per heavy atom. The summed E-state index contributed by atoms with van der Waals surface area (Å²) in [5.74, 6) is -0.149. The Labute approximate surface area is 108 Å². The van der Waals surface area contributed by atoms with E-state index in [0.717, 1.165) is 17.0 Å². The monoisotopic (exact) mass is 269 g/mol. The van der Waals surface area contributed by atoms with Gasteiger partial charge in [0.15, 0.2) is 0 Å². The molecule has 2 amide bonds. The van der Waals surface area contributed by atoms with Gasteiger partial charge < -0.3 is 10.2 Å². The molecule has 1 aromatic rings. The van der Waals surface area contributed by atoms with E-state index in [-0.39, 0.29) is 23.2 Å². The van der Waals surface area contributed by atoms with Crippen LogP contribution in [0.3, 0.4) is 0 Å². The summed E-state index contributed by atoms with van der Waals surface area (Å²) < 4.78 is 1.47. The quantitative estimate of drug-likeness (QED) is 0.791. The summed E-state index contributed by atoms with van der Waals surface area (Å²) in [6.07, 6.45) is 0.323. The van der Waals surface area contributed by atoms with E-state index in [1.165, 1.54) is 4.57 Å². The standard InChI is InChI=1S/C11H15N3O3S/c1-8-7-18-11(17)14(8)6-10(16)13-4-2-9(15)12-3-5-13/h7H,2-6H2,1H3,(H,12,15). The van der Waals surface area contributed by atoms with Crippen LogP contribution in [0.5, 0.6) is 0 Å². The zero-order valence-corrected chi connectivity index (χ0v) is 11.0. The van der Waals surface area contributed by atoms with E-state index >= 15 is 0 Å². The van der Waals surface area contributed by atoms with Crippen LogP contribution in [0.2, 0.25) is 0 Å². The highest BCUT2D eigenvalue weighted by Crippen LogP contribution is 2.03. The Balaban J connectivity index is 2.04. The molecule has 0 unspecified atom stereocenters. The second-order valence-corrected chi connectivity index (χ2v) is 5.03. The topological polar surface area (TPSA) is 71.4 Å². The van der Waals surface area contributed by atoms with Crippen LogP contribution in [0, 0.1) is 6.92 Å². The third-order valence-electron chi connectivity index (χ3n) is 2.94. The van der Waals surface area contributed by atoms with E-state index in [1.807, 2.05) is 0 Å². The Morgan fingerprint density at radius 2 is 2.22 bits per heavy atom. The van der Waals surface area contributed by atoms with Gasteiger partial charge in [-0.1, -0.05) is 11.3 Å². The summed E-state index contributed by atoms with van der Waals surface area (Å²) in [4.78, 5) is 36.3. The minimum absolute atomic E-state index is 0.0332. The van der Waals surface area contributed by atoms with Gasteiger partial charge in [-0.3, -0.25) is 19.0 Å². The number of carbonyl (C=O) groups is 2. The molecule has 0 atom stereocenters. The number of nitrogens with zero attached hydrogens (tertiary/aromatic N) is 2. The number of rotatable bonds is 2. The first kappa shape index (κ1) is 12.8. The van der Waals surface area contributed by atoms with Crippen molar-refractivity contribution in [2.75, 3.05) is 19.6 Å². The number of nitrogens with one attached hydrogen (secondary N) is 1. The zero-order chi connectivity index (χ0) is 13.1. The molecule has 2 rings (SSSR count). The maximum Gasteiger partial charge on any atom is 0.307 e. The van der Waals surface area contributed by atoms with Gasteiger partial charge in [-0.05, 0) is 6.92 Å². The molecule has 0 aromatic carbocycles. The summed E-state index contributed by atoms with van der Waals surface area (Å²) in [5, 5.41) is 4.45. The number of hydrogen-bond donors (Lipinski definition) is 1. The van der Waals surface area contributed by atoms with Crippen molar-refractivity contribution in [1.82, 2.24) is 14.8 Å². The van der Waals surface area contributed by atoms with Gasteiger partial charge in [0.1, 0.15) is 6.54 Å². The number of aryl methyl sites for hydroxylation is 1. The SMILES string of the molecule is Cc1csc(=O)n1CC(=O)N1CCNC(=O)CC1. The van der Waals surface area contributed by atoms with Crippen molar-refractivity contribution in [2.24, 2.45) is 0 Å². The molecule has 1 N–H and O–H groups in total. The fraction of sp³-hybridized carbons (Fsp3) is 0.545. The normalized spacial score (nSPS) is 16.3. The first-order valence-electron chi connectivity index (χ1n) is 5.77. The van der Waals surface area contributed by atoms with Gasteiger partial charge in [0.25, 0.3) is 0 Å². The van der Waals surface area contributed by atoms with Gasteiger partial charge in [-0.15, -0.1) is 0 Å². The van der Waals surface area contributed by atoms with E-state index < -0.39 is 0 Å². The van der Waals surface area contributed by atoms with Crippen molar-refractivity contribution >= 4 is 23.2 Å². The number of hydrogen-bond acceptors (Lipinski definition) is 4. The van der Waals surface area contributed by atoms with Crippen LogP contribution in [0.25, 0.3) is 0 Å². The highest BCUT2D eigenvalue weighted by Gasteiger charge is 2.19. The highest BCUT2D eigenvalue weighted by atomic mass is 32.1. The number of thiazole rings is 1. The van der Waals surface area contributed by atoms with Crippen LogP contribution in [-0.2, 0) is 16.1 Å². The van der Waals surface area contributed by atoms with E-state index in [1.54, 1.807) is 17.2 Å². The predicted octanol–water partition coefficient (Wildman–Crippen LogP) is -0.433. The Morgan fingerprint density at radius 1 is 1.44 bits per heavy atom. The summed E-state index contributed by atoms with van der Waals surface area (Å²) in [6.45, 7) is 3.26. The van der Waals surface area contributed by atoms with Crippen LogP contribution in [0.1, 0.15) is 12.1 Å². The lowest BCUT2D eigenvalue weighted by atomic mass is 10.3. The molecule has 0 saturated carbocycles. The lowest BCUT2D eigenvalue weighted by Gasteiger charge is -2.19. The molecule has 7 heteroatoms. The van der Waals surface area contributed by atoms with Crippen molar-refractivity contribution in [2.45, 2.75) is 19.9 Å². The van der Waals surface area contributed by atoms with E-state index in [2.05, 4.69) is 5.32 Å². The van der Waals surface area contributed by atoms with Crippen molar-refractivity contribution in [3.8, 4) is 0 Å². The second kappa shape index (κ2) is 5.34. The van der Waals surface area contributed by atoms with Crippen LogP contribution in [0.15, 0.2) is 10.2 Å². The smallest absolute Gasteiger partial charge is 0.307 e. The third kappa shape index (κ3) is 2.79. The van der Waals surface area contributed by atoms with Crippen molar-refractivity contribution in [3.05, 3.63) is 20.7 Å². The Kier molecular flexibility index (Phi) is 3.81. The Bertz CT molecular complexity index is 520. The minimum Gasteiger partial charge on any atom is -0.354 e. The third-order valence-corrected chi connectivity index (χ3v) is 3.82. The van der Waals surface area contributed by atoms with Crippen LogP contribution in [0.4, 0.5) is 0 Å². The predicted molar refractivity (Wildman–Crippen MR) is 67.5 cm³/mol. The first-order chi connectivity index (χ1) is 8.58. The van der Waals surface area contributed by atoms with Crippen LogP contribution in [-0.4, -0.2) is 40.9 Å². The molecule has 1 aromatic heterocycles. The first-order valence-corrected chi connectivity index (χ1v) is 6.65. The average molecular weight is 269 g/mol. The molecule has 1 aliphatic rings. The van der Waals surface area contributed by atoms with Gasteiger partial charge in [0, 0.05) is 37.1 Å². The molecule has 0 bridgehead atoms. The number of aromatic nitrogens is 1. The molecule has 0 radical (unpaired) electrons.